The van der Waals surface area contributed by atoms with Crippen LogP contribution in [0.4, 0.5) is 5.00 Å². The van der Waals surface area contributed by atoms with Crippen LogP contribution in [0.3, 0.4) is 0 Å². The van der Waals surface area contributed by atoms with Gasteiger partial charge in [0.1, 0.15) is 15.9 Å². The summed E-state index contributed by atoms with van der Waals surface area (Å²) in [6, 6.07) is 10.7. The molecule has 0 unspecified atom stereocenters. The molecular weight excluding hydrogens is 358 g/mol. The zero-order valence-electron chi connectivity index (χ0n) is 16.6. The van der Waals surface area contributed by atoms with E-state index in [1.165, 1.54) is 11.1 Å². The molecule has 27 heavy (non-hydrogen) atoms. The lowest BCUT2D eigenvalue weighted by Crippen LogP contribution is -2.19. The highest BCUT2D eigenvalue weighted by Crippen LogP contribution is 2.32. The quantitative estimate of drug-likeness (QED) is 0.750. The SMILES string of the molecule is CCOC(=O)c1sc(N)c(C#N)c1CN(C)Cc1ccc(C(C)(C)C)cc1. The van der Waals surface area contributed by atoms with E-state index in [1.807, 2.05) is 7.05 Å². The predicted molar refractivity (Wildman–Crippen MR) is 110 cm³/mol. The van der Waals surface area contributed by atoms with Crippen LogP contribution in [0.2, 0.25) is 0 Å². The number of anilines is 1. The molecule has 5 nitrogen and oxygen atoms in total. The number of ether oxygens (including phenoxy) is 1. The number of carbonyl (C=O) groups is 1. The summed E-state index contributed by atoms with van der Waals surface area (Å²) in [5.41, 5.74) is 9.54. The molecular formula is C21H27N3O2S. The van der Waals surface area contributed by atoms with Gasteiger partial charge in [-0.25, -0.2) is 4.79 Å². The van der Waals surface area contributed by atoms with Crippen LogP contribution in [0.1, 0.15) is 59.6 Å². The molecule has 0 saturated carbocycles. The Kier molecular flexibility index (Phi) is 6.63. The summed E-state index contributed by atoms with van der Waals surface area (Å²) in [7, 11) is 1.96. The molecule has 0 radical (unpaired) electrons. The highest BCUT2D eigenvalue weighted by atomic mass is 32.1. The number of nitriles is 1. The molecule has 0 aliphatic carbocycles. The van der Waals surface area contributed by atoms with Crippen molar-refractivity contribution in [3.05, 3.63) is 51.4 Å². The number of nitrogen functional groups attached to an aromatic ring is 1. The normalized spacial score (nSPS) is 11.4. The third-order valence-electron chi connectivity index (χ3n) is 4.31. The summed E-state index contributed by atoms with van der Waals surface area (Å²) in [5.74, 6) is -0.423. The van der Waals surface area contributed by atoms with Crippen molar-refractivity contribution in [1.82, 2.24) is 4.90 Å². The van der Waals surface area contributed by atoms with Gasteiger partial charge in [-0.05, 0) is 30.5 Å². The largest absolute Gasteiger partial charge is 0.462 e. The number of hydrogen-bond donors (Lipinski definition) is 1. The lowest BCUT2D eigenvalue weighted by atomic mass is 9.87. The molecule has 0 amide bonds. The third-order valence-corrected chi connectivity index (χ3v) is 5.35. The highest BCUT2D eigenvalue weighted by Gasteiger charge is 2.23. The number of nitrogens with two attached hydrogens (primary N) is 1. The fourth-order valence-electron chi connectivity index (χ4n) is 2.87. The Morgan fingerprint density at radius 3 is 2.41 bits per heavy atom. The van der Waals surface area contributed by atoms with Crippen LogP contribution < -0.4 is 5.73 Å². The minimum absolute atomic E-state index is 0.120. The number of hydrogen-bond acceptors (Lipinski definition) is 6. The van der Waals surface area contributed by atoms with Crippen LogP contribution in [0.25, 0.3) is 0 Å². The smallest absolute Gasteiger partial charge is 0.348 e. The number of nitrogens with zero attached hydrogens (tertiary/aromatic N) is 2. The van der Waals surface area contributed by atoms with E-state index in [9.17, 15) is 10.1 Å². The maximum absolute atomic E-state index is 12.2. The summed E-state index contributed by atoms with van der Waals surface area (Å²) in [5, 5.41) is 9.80. The first-order valence-electron chi connectivity index (χ1n) is 8.93. The summed E-state index contributed by atoms with van der Waals surface area (Å²) in [6.07, 6.45) is 0. The van der Waals surface area contributed by atoms with Gasteiger partial charge in [0.05, 0.1) is 12.2 Å². The minimum atomic E-state index is -0.423. The van der Waals surface area contributed by atoms with Crippen molar-refractivity contribution >= 4 is 22.3 Å². The van der Waals surface area contributed by atoms with Gasteiger partial charge in [-0.15, -0.1) is 11.3 Å². The van der Waals surface area contributed by atoms with Gasteiger partial charge in [0.2, 0.25) is 0 Å². The van der Waals surface area contributed by atoms with Gasteiger partial charge in [0, 0.05) is 18.7 Å². The monoisotopic (exact) mass is 385 g/mol. The van der Waals surface area contributed by atoms with E-state index >= 15 is 0 Å². The number of carbonyl (C=O) groups excluding carboxylic acids is 1. The second kappa shape index (κ2) is 8.55. The van der Waals surface area contributed by atoms with Crippen molar-refractivity contribution in [3.8, 4) is 6.07 Å². The van der Waals surface area contributed by atoms with Crippen LogP contribution in [0.15, 0.2) is 24.3 Å². The molecule has 0 aliphatic heterocycles. The fourth-order valence-corrected chi connectivity index (χ4v) is 3.79. The van der Waals surface area contributed by atoms with Gasteiger partial charge in [-0.2, -0.15) is 5.26 Å². The summed E-state index contributed by atoms with van der Waals surface area (Å²) in [4.78, 5) is 14.7. The molecule has 2 N–H and O–H groups in total. The zero-order chi connectivity index (χ0) is 20.2. The lowest BCUT2D eigenvalue weighted by Gasteiger charge is -2.21. The Hall–Kier alpha value is -2.36. The van der Waals surface area contributed by atoms with Crippen LogP contribution in [0, 0.1) is 11.3 Å². The molecule has 1 aromatic carbocycles. The lowest BCUT2D eigenvalue weighted by molar-refractivity contribution is 0.0530. The first kappa shape index (κ1) is 20.9. The van der Waals surface area contributed by atoms with E-state index < -0.39 is 5.97 Å². The van der Waals surface area contributed by atoms with E-state index in [1.54, 1.807) is 6.92 Å². The van der Waals surface area contributed by atoms with Crippen molar-refractivity contribution in [2.75, 3.05) is 19.4 Å². The minimum Gasteiger partial charge on any atom is -0.462 e. The van der Waals surface area contributed by atoms with Crippen molar-refractivity contribution in [1.29, 1.82) is 5.26 Å². The summed E-state index contributed by atoms with van der Waals surface area (Å²) < 4.78 is 5.11. The number of rotatable bonds is 6. The maximum Gasteiger partial charge on any atom is 0.348 e. The van der Waals surface area contributed by atoms with E-state index in [4.69, 9.17) is 10.5 Å². The van der Waals surface area contributed by atoms with Crippen molar-refractivity contribution < 1.29 is 9.53 Å². The molecule has 1 heterocycles. The fraction of sp³-hybridized carbons (Fsp3) is 0.429. The van der Waals surface area contributed by atoms with Gasteiger partial charge in [-0.1, -0.05) is 45.0 Å². The first-order valence-corrected chi connectivity index (χ1v) is 9.75. The van der Waals surface area contributed by atoms with Gasteiger partial charge in [0.25, 0.3) is 0 Å². The molecule has 6 heteroatoms. The van der Waals surface area contributed by atoms with Gasteiger partial charge >= 0.3 is 5.97 Å². The summed E-state index contributed by atoms with van der Waals surface area (Å²) in [6.45, 7) is 9.76. The van der Waals surface area contributed by atoms with Crippen molar-refractivity contribution in [2.24, 2.45) is 0 Å². The molecule has 2 aromatic rings. The second-order valence-electron chi connectivity index (χ2n) is 7.60. The second-order valence-corrected chi connectivity index (χ2v) is 8.65. The maximum atomic E-state index is 12.2. The average Bonchev–Trinajstić information content (AvgIpc) is 2.90. The molecule has 0 bridgehead atoms. The Morgan fingerprint density at radius 2 is 1.89 bits per heavy atom. The van der Waals surface area contributed by atoms with Gasteiger partial charge in [-0.3, -0.25) is 4.90 Å². The third kappa shape index (κ3) is 5.09. The van der Waals surface area contributed by atoms with Gasteiger partial charge < -0.3 is 10.5 Å². The van der Waals surface area contributed by atoms with E-state index in [-0.39, 0.29) is 12.0 Å². The molecule has 1 aromatic heterocycles. The molecule has 0 fully saturated rings. The van der Waals surface area contributed by atoms with Crippen LogP contribution in [0.5, 0.6) is 0 Å². The predicted octanol–water partition coefficient (Wildman–Crippen LogP) is 4.31. The van der Waals surface area contributed by atoms with E-state index in [2.05, 4.69) is 56.0 Å². The van der Waals surface area contributed by atoms with Crippen LogP contribution >= 0.6 is 11.3 Å². The molecule has 0 aliphatic rings. The topological polar surface area (TPSA) is 79.3 Å². The van der Waals surface area contributed by atoms with Gasteiger partial charge in [0.15, 0.2) is 0 Å². The van der Waals surface area contributed by atoms with Crippen molar-refractivity contribution in [2.45, 2.75) is 46.2 Å². The Bertz CT molecular complexity index is 842. The van der Waals surface area contributed by atoms with Crippen LogP contribution in [-0.2, 0) is 23.2 Å². The molecule has 0 spiro atoms. The Morgan fingerprint density at radius 1 is 1.26 bits per heavy atom. The number of benzene rings is 1. The van der Waals surface area contributed by atoms with E-state index in [0.29, 0.717) is 34.1 Å². The molecule has 144 valence electrons. The molecule has 2 rings (SSSR count). The Balaban J connectivity index is 2.19. The standard InChI is InChI=1S/C21H27N3O2S/c1-6-26-20(25)18-17(16(11-22)19(23)27-18)13-24(5)12-14-7-9-15(10-8-14)21(2,3)4/h7-10H,6,12-13,23H2,1-5H3. The van der Waals surface area contributed by atoms with Crippen molar-refractivity contribution in [3.63, 3.8) is 0 Å². The van der Waals surface area contributed by atoms with E-state index in [0.717, 1.165) is 11.3 Å². The average molecular weight is 386 g/mol. The molecule has 0 atom stereocenters. The van der Waals surface area contributed by atoms with Crippen LogP contribution in [-0.4, -0.2) is 24.5 Å². The zero-order valence-corrected chi connectivity index (χ0v) is 17.4. The summed E-state index contributed by atoms with van der Waals surface area (Å²) >= 11 is 1.12. The number of esters is 1. The Labute approximate surface area is 165 Å². The first-order chi connectivity index (χ1) is 12.7. The molecule has 0 saturated heterocycles. The number of thiophene rings is 1. The highest BCUT2D eigenvalue weighted by molar-refractivity contribution is 7.18.